The largest absolute Gasteiger partial charge is 0.315 e. The van der Waals surface area contributed by atoms with Crippen LogP contribution in [0.2, 0.25) is 0 Å². The molecule has 2 nitrogen and oxygen atoms in total. The van der Waals surface area contributed by atoms with E-state index in [2.05, 4.69) is 38.0 Å². The number of rotatable bonds is 3. The molecule has 2 rings (SSSR count). The highest BCUT2D eigenvalue weighted by Gasteiger charge is 2.35. The van der Waals surface area contributed by atoms with Crippen molar-refractivity contribution in [1.29, 1.82) is 0 Å². The van der Waals surface area contributed by atoms with Crippen LogP contribution in [-0.2, 0) is 0 Å². The van der Waals surface area contributed by atoms with Crippen LogP contribution in [0.5, 0.6) is 0 Å². The number of likely N-dealkylation sites (N-methyl/N-ethyl adjacent to an activating group) is 1. The molecule has 2 fully saturated rings. The Morgan fingerprint density at radius 1 is 1.11 bits per heavy atom. The third-order valence-electron chi connectivity index (χ3n) is 5.17. The summed E-state index contributed by atoms with van der Waals surface area (Å²) in [6.45, 7) is 9.64. The topological polar surface area (TPSA) is 15.3 Å². The van der Waals surface area contributed by atoms with E-state index >= 15 is 0 Å². The molecule has 0 amide bonds. The Morgan fingerprint density at radius 2 is 1.78 bits per heavy atom. The second-order valence-corrected chi connectivity index (χ2v) is 7.46. The van der Waals surface area contributed by atoms with Gasteiger partial charge in [-0.15, -0.1) is 0 Å². The fraction of sp³-hybridized carbons (Fsp3) is 1.00. The average molecular weight is 252 g/mol. The van der Waals surface area contributed by atoms with Gasteiger partial charge in [-0.05, 0) is 50.6 Å². The van der Waals surface area contributed by atoms with Gasteiger partial charge in [0.05, 0.1) is 0 Å². The lowest BCUT2D eigenvalue weighted by molar-refractivity contribution is 0.0410. The summed E-state index contributed by atoms with van der Waals surface area (Å²) < 4.78 is 0. The monoisotopic (exact) mass is 252 g/mol. The Morgan fingerprint density at radius 3 is 2.44 bits per heavy atom. The molecule has 18 heavy (non-hydrogen) atoms. The SMILES string of the molecule is CNC(CN1CCC[C@H]2CCCC[C@H]21)C(C)(C)C. The minimum absolute atomic E-state index is 0.358. The molecule has 0 bridgehead atoms. The zero-order chi connectivity index (χ0) is 13.2. The smallest absolute Gasteiger partial charge is 0.0240 e. The minimum atomic E-state index is 0.358. The van der Waals surface area contributed by atoms with E-state index in [0.29, 0.717) is 11.5 Å². The van der Waals surface area contributed by atoms with Crippen molar-refractivity contribution in [3.05, 3.63) is 0 Å². The predicted molar refractivity (Wildman–Crippen MR) is 78.9 cm³/mol. The first-order chi connectivity index (χ1) is 8.52. The van der Waals surface area contributed by atoms with Gasteiger partial charge in [-0.3, -0.25) is 4.90 Å². The molecule has 1 aliphatic carbocycles. The molecule has 2 heteroatoms. The van der Waals surface area contributed by atoms with Gasteiger partial charge in [0.2, 0.25) is 0 Å². The summed E-state index contributed by atoms with van der Waals surface area (Å²) in [4.78, 5) is 2.81. The van der Waals surface area contributed by atoms with Crippen molar-refractivity contribution < 1.29 is 0 Å². The van der Waals surface area contributed by atoms with E-state index in [1.807, 2.05) is 0 Å². The van der Waals surface area contributed by atoms with E-state index in [1.54, 1.807) is 0 Å². The molecule has 1 saturated carbocycles. The van der Waals surface area contributed by atoms with E-state index in [0.717, 1.165) is 12.0 Å². The highest BCUT2D eigenvalue weighted by Crippen LogP contribution is 2.36. The summed E-state index contributed by atoms with van der Waals surface area (Å²) in [5, 5.41) is 3.54. The Labute approximate surface area is 114 Å². The number of nitrogens with one attached hydrogen (secondary N) is 1. The third kappa shape index (κ3) is 3.27. The Kier molecular flexibility index (Phi) is 4.71. The van der Waals surface area contributed by atoms with Crippen molar-refractivity contribution in [3.8, 4) is 0 Å². The van der Waals surface area contributed by atoms with Gasteiger partial charge < -0.3 is 5.32 Å². The molecule has 0 radical (unpaired) electrons. The molecule has 2 aliphatic rings. The molecular weight excluding hydrogens is 220 g/mol. The maximum absolute atomic E-state index is 3.54. The molecule has 0 aromatic heterocycles. The Balaban J connectivity index is 1.98. The van der Waals surface area contributed by atoms with Gasteiger partial charge in [0, 0.05) is 18.6 Å². The number of piperidine rings is 1. The van der Waals surface area contributed by atoms with Crippen LogP contribution in [0, 0.1) is 11.3 Å². The average Bonchev–Trinajstić information content (AvgIpc) is 2.34. The quantitative estimate of drug-likeness (QED) is 0.829. The van der Waals surface area contributed by atoms with Gasteiger partial charge in [-0.1, -0.05) is 33.6 Å². The fourth-order valence-electron chi connectivity index (χ4n) is 3.99. The van der Waals surface area contributed by atoms with E-state index in [4.69, 9.17) is 0 Å². The Hall–Kier alpha value is -0.0800. The van der Waals surface area contributed by atoms with Crippen LogP contribution in [-0.4, -0.2) is 37.1 Å². The van der Waals surface area contributed by atoms with Crippen LogP contribution in [0.15, 0.2) is 0 Å². The molecule has 1 saturated heterocycles. The zero-order valence-electron chi connectivity index (χ0n) is 12.8. The Bertz CT molecular complexity index is 254. The van der Waals surface area contributed by atoms with Gasteiger partial charge in [-0.25, -0.2) is 0 Å². The molecule has 0 aromatic carbocycles. The van der Waals surface area contributed by atoms with Crippen molar-refractivity contribution in [1.82, 2.24) is 10.2 Å². The van der Waals surface area contributed by atoms with E-state index in [9.17, 15) is 0 Å². The first-order valence-corrected chi connectivity index (χ1v) is 7.93. The standard InChI is InChI=1S/C16H32N2/c1-16(2,3)15(17-4)12-18-11-7-9-13-8-5-6-10-14(13)18/h13-15,17H,5-12H2,1-4H3/t13-,14-,15?/m1/s1. The van der Waals surface area contributed by atoms with Gasteiger partial charge in [0.15, 0.2) is 0 Å². The maximum atomic E-state index is 3.54. The predicted octanol–water partition coefficient (Wildman–Crippen LogP) is 3.28. The van der Waals surface area contributed by atoms with Crippen molar-refractivity contribution in [3.63, 3.8) is 0 Å². The van der Waals surface area contributed by atoms with Crippen molar-refractivity contribution in [2.45, 2.75) is 71.4 Å². The van der Waals surface area contributed by atoms with Crippen molar-refractivity contribution >= 4 is 0 Å². The van der Waals surface area contributed by atoms with Crippen molar-refractivity contribution in [2.24, 2.45) is 11.3 Å². The van der Waals surface area contributed by atoms with Gasteiger partial charge in [0.1, 0.15) is 0 Å². The lowest BCUT2D eigenvalue weighted by Crippen LogP contribution is -2.54. The fourth-order valence-corrected chi connectivity index (χ4v) is 3.99. The molecule has 1 unspecified atom stereocenters. The molecule has 3 atom stereocenters. The number of nitrogens with zero attached hydrogens (tertiary/aromatic N) is 1. The molecule has 1 heterocycles. The summed E-state index contributed by atoms with van der Waals surface area (Å²) in [6.07, 6.45) is 8.77. The normalized spacial score (nSPS) is 32.0. The molecule has 106 valence electrons. The van der Waals surface area contributed by atoms with Crippen LogP contribution in [0.3, 0.4) is 0 Å². The second kappa shape index (κ2) is 5.92. The number of hydrogen-bond donors (Lipinski definition) is 1. The summed E-state index contributed by atoms with van der Waals surface area (Å²) >= 11 is 0. The van der Waals surface area contributed by atoms with Crippen LogP contribution >= 0.6 is 0 Å². The van der Waals surface area contributed by atoms with E-state index in [1.165, 1.54) is 51.6 Å². The van der Waals surface area contributed by atoms with Crippen LogP contribution in [0.1, 0.15) is 59.3 Å². The third-order valence-corrected chi connectivity index (χ3v) is 5.17. The minimum Gasteiger partial charge on any atom is -0.315 e. The van der Waals surface area contributed by atoms with Gasteiger partial charge in [0.25, 0.3) is 0 Å². The van der Waals surface area contributed by atoms with Crippen LogP contribution in [0.25, 0.3) is 0 Å². The van der Waals surface area contributed by atoms with Gasteiger partial charge in [-0.2, -0.15) is 0 Å². The summed E-state index contributed by atoms with van der Waals surface area (Å²) in [6, 6.07) is 1.50. The highest BCUT2D eigenvalue weighted by atomic mass is 15.2. The lowest BCUT2D eigenvalue weighted by Gasteiger charge is -2.47. The van der Waals surface area contributed by atoms with Crippen molar-refractivity contribution in [2.75, 3.05) is 20.1 Å². The summed E-state index contributed by atoms with van der Waals surface area (Å²) in [5.74, 6) is 1.00. The first kappa shape index (κ1) is 14.3. The molecular formula is C16H32N2. The number of fused-ring (bicyclic) bond motifs is 1. The zero-order valence-corrected chi connectivity index (χ0v) is 12.8. The highest BCUT2D eigenvalue weighted by molar-refractivity contribution is 4.91. The van der Waals surface area contributed by atoms with Crippen LogP contribution in [0.4, 0.5) is 0 Å². The van der Waals surface area contributed by atoms with Crippen LogP contribution < -0.4 is 5.32 Å². The molecule has 0 spiro atoms. The first-order valence-electron chi connectivity index (χ1n) is 7.93. The summed E-state index contributed by atoms with van der Waals surface area (Å²) in [7, 11) is 2.12. The molecule has 1 aliphatic heterocycles. The number of hydrogen-bond acceptors (Lipinski definition) is 2. The maximum Gasteiger partial charge on any atom is 0.0240 e. The lowest BCUT2D eigenvalue weighted by atomic mass is 9.77. The molecule has 0 aromatic rings. The summed E-state index contributed by atoms with van der Waals surface area (Å²) in [5.41, 5.74) is 0.358. The second-order valence-electron chi connectivity index (χ2n) is 7.46. The number of likely N-dealkylation sites (tertiary alicyclic amines) is 1. The van der Waals surface area contributed by atoms with Gasteiger partial charge >= 0.3 is 0 Å². The van der Waals surface area contributed by atoms with E-state index < -0.39 is 0 Å². The van der Waals surface area contributed by atoms with E-state index in [-0.39, 0.29) is 0 Å². The molecule has 1 N–H and O–H groups in total.